The fraction of sp³-hybridized carbons (Fsp3) is 0.471. The molecule has 25 heavy (non-hydrogen) atoms. The molecule has 0 aliphatic carbocycles. The highest BCUT2D eigenvalue weighted by Crippen LogP contribution is 2.24. The van der Waals surface area contributed by atoms with E-state index in [1.807, 2.05) is 33.7 Å². The molecule has 2 saturated heterocycles. The number of carbonyl (C=O) groups is 2. The zero-order valence-corrected chi connectivity index (χ0v) is 13.8. The number of para-hydroxylation sites is 2. The van der Waals surface area contributed by atoms with Crippen LogP contribution in [0, 0.1) is 0 Å². The first kappa shape index (κ1) is 15.9. The van der Waals surface area contributed by atoms with Crippen molar-refractivity contribution in [3.05, 3.63) is 34.7 Å². The zero-order chi connectivity index (χ0) is 17.4. The van der Waals surface area contributed by atoms with Gasteiger partial charge in [0.05, 0.1) is 24.1 Å². The molecular formula is C17H20N4O4. The summed E-state index contributed by atoms with van der Waals surface area (Å²) in [5.41, 5.74) is 1.68. The number of nitrogens with zero attached hydrogens (tertiary/aromatic N) is 3. The van der Waals surface area contributed by atoms with Gasteiger partial charge in [-0.25, -0.2) is 14.5 Å². The summed E-state index contributed by atoms with van der Waals surface area (Å²) in [6, 6.07) is 7.79. The number of benzene rings is 1. The number of fused-ring (bicyclic) bond motifs is 1. The van der Waals surface area contributed by atoms with Crippen LogP contribution in [0.15, 0.2) is 29.1 Å². The van der Waals surface area contributed by atoms with Crippen LogP contribution in [0.1, 0.15) is 18.9 Å². The maximum atomic E-state index is 12.3. The van der Waals surface area contributed by atoms with Crippen LogP contribution >= 0.6 is 0 Å². The van der Waals surface area contributed by atoms with Gasteiger partial charge in [-0.3, -0.25) is 14.3 Å². The molecule has 0 saturated carbocycles. The van der Waals surface area contributed by atoms with Gasteiger partial charge in [0.15, 0.2) is 0 Å². The van der Waals surface area contributed by atoms with Gasteiger partial charge in [0.2, 0.25) is 5.91 Å². The highest BCUT2D eigenvalue weighted by atomic mass is 16.6. The number of ether oxygens (including phenoxy) is 1. The predicted octanol–water partition coefficient (Wildman–Crippen LogP) is 0.945. The van der Waals surface area contributed by atoms with Crippen molar-refractivity contribution >= 4 is 23.0 Å². The lowest BCUT2D eigenvalue weighted by molar-refractivity contribution is -0.129. The number of rotatable bonds is 3. The minimum atomic E-state index is -0.551. The smallest absolute Gasteiger partial charge is 0.416 e. The number of hydrogen-bond acceptors (Lipinski definition) is 5. The van der Waals surface area contributed by atoms with Gasteiger partial charge in [0, 0.05) is 19.1 Å². The molecule has 132 valence electrons. The maximum Gasteiger partial charge on any atom is 0.416 e. The fourth-order valence-electron chi connectivity index (χ4n) is 3.67. The van der Waals surface area contributed by atoms with Crippen LogP contribution in [0.25, 0.3) is 11.0 Å². The van der Waals surface area contributed by atoms with Crippen molar-refractivity contribution in [2.75, 3.05) is 32.8 Å². The molecule has 0 bridgehead atoms. The van der Waals surface area contributed by atoms with E-state index in [1.165, 1.54) is 0 Å². The van der Waals surface area contributed by atoms with Crippen molar-refractivity contribution in [2.45, 2.75) is 18.9 Å². The summed E-state index contributed by atoms with van der Waals surface area (Å²) in [4.78, 5) is 42.0. The number of likely N-dealkylation sites (tertiary alicyclic amines) is 1. The molecule has 2 aromatic rings. The molecule has 1 aromatic heterocycles. The van der Waals surface area contributed by atoms with E-state index in [0.717, 1.165) is 28.8 Å². The second kappa shape index (κ2) is 6.36. The number of H-pyrrole nitrogens is 1. The molecule has 0 spiro atoms. The van der Waals surface area contributed by atoms with Crippen LogP contribution in [0.3, 0.4) is 0 Å². The van der Waals surface area contributed by atoms with Crippen LogP contribution in [0.2, 0.25) is 0 Å². The quantitative estimate of drug-likeness (QED) is 0.895. The van der Waals surface area contributed by atoms with Crippen molar-refractivity contribution in [3.63, 3.8) is 0 Å². The second-order valence-corrected chi connectivity index (χ2v) is 6.48. The summed E-state index contributed by atoms with van der Waals surface area (Å²) >= 11 is 0. The first-order valence-electron chi connectivity index (χ1n) is 8.52. The van der Waals surface area contributed by atoms with Crippen LogP contribution < -0.4 is 5.69 Å². The monoisotopic (exact) mass is 344 g/mol. The number of hydrogen-bond donors (Lipinski definition) is 1. The van der Waals surface area contributed by atoms with E-state index < -0.39 is 6.09 Å². The Morgan fingerprint density at radius 1 is 1.16 bits per heavy atom. The second-order valence-electron chi connectivity index (χ2n) is 6.48. The molecule has 1 N–H and O–H groups in total. The number of nitrogens with one attached hydrogen (secondary N) is 1. The van der Waals surface area contributed by atoms with Crippen molar-refractivity contribution in [3.8, 4) is 0 Å². The third kappa shape index (κ3) is 2.93. The summed E-state index contributed by atoms with van der Waals surface area (Å²) in [5, 5.41) is 0. The van der Waals surface area contributed by atoms with Gasteiger partial charge in [0.1, 0.15) is 6.61 Å². The third-order valence-electron chi connectivity index (χ3n) is 4.97. The number of carbonyl (C=O) groups excluding carboxylic acids is 2. The highest BCUT2D eigenvalue weighted by Gasteiger charge is 2.31. The van der Waals surface area contributed by atoms with E-state index in [-0.39, 0.29) is 30.8 Å². The Hall–Kier alpha value is -2.61. The molecule has 8 heteroatoms. The lowest BCUT2D eigenvalue weighted by Crippen LogP contribution is -2.44. The van der Waals surface area contributed by atoms with Crippen LogP contribution in [-0.4, -0.2) is 64.1 Å². The molecule has 4 rings (SSSR count). The van der Waals surface area contributed by atoms with Gasteiger partial charge in [-0.1, -0.05) is 12.1 Å². The largest absolute Gasteiger partial charge is 0.447 e. The minimum absolute atomic E-state index is 0.0875. The number of aromatic nitrogens is 2. The molecule has 2 aliphatic rings. The first-order chi connectivity index (χ1) is 12.1. The molecule has 0 radical (unpaired) electrons. The summed E-state index contributed by atoms with van der Waals surface area (Å²) in [7, 11) is 0. The maximum absolute atomic E-state index is 12.3. The molecule has 0 atom stereocenters. The summed E-state index contributed by atoms with van der Waals surface area (Å²) in [5.74, 6) is -0.217. The van der Waals surface area contributed by atoms with Crippen LogP contribution in [0.5, 0.6) is 0 Å². The van der Waals surface area contributed by atoms with Gasteiger partial charge in [0.25, 0.3) is 0 Å². The molecule has 1 aromatic carbocycles. The third-order valence-corrected chi connectivity index (χ3v) is 4.97. The average molecular weight is 344 g/mol. The van der Waals surface area contributed by atoms with E-state index in [1.54, 1.807) is 0 Å². The average Bonchev–Trinajstić information content (AvgIpc) is 3.18. The lowest BCUT2D eigenvalue weighted by atomic mass is 10.0. The standard InChI is InChI=1S/C17H20N4O4/c22-15(20-9-10-25-17(20)24)11-19-7-5-12(6-8-19)21-14-4-2-1-3-13(14)18-16(21)23/h1-4,12H,5-11H2,(H,18,23). The van der Waals surface area contributed by atoms with Crippen molar-refractivity contribution in [2.24, 2.45) is 0 Å². The van der Waals surface area contributed by atoms with E-state index in [0.29, 0.717) is 19.6 Å². The molecule has 2 aliphatic heterocycles. The van der Waals surface area contributed by atoms with E-state index >= 15 is 0 Å². The van der Waals surface area contributed by atoms with Crippen molar-refractivity contribution in [1.82, 2.24) is 19.4 Å². The molecule has 8 nitrogen and oxygen atoms in total. The first-order valence-corrected chi connectivity index (χ1v) is 8.52. The minimum Gasteiger partial charge on any atom is -0.447 e. The fourth-order valence-corrected chi connectivity index (χ4v) is 3.67. The summed E-state index contributed by atoms with van der Waals surface area (Å²) in [6.07, 6.45) is 1.03. The Morgan fingerprint density at radius 2 is 1.92 bits per heavy atom. The van der Waals surface area contributed by atoms with Crippen LogP contribution in [0.4, 0.5) is 4.79 Å². The number of aromatic amines is 1. The number of cyclic esters (lactones) is 1. The number of amides is 2. The van der Waals surface area contributed by atoms with Gasteiger partial charge >= 0.3 is 11.8 Å². The normalized spacial score (nSPS) is 19.5. The van der Waals surface area contributed by atoms with Crippen molar-refractivity contribution < 1.29 is 14.3 Å². The molecule has 0 unspecified atom stereocenters. The SMILES string of the molecule is O=C(CN1CCC(n2c(=O)[nH]c3ccccc32)CC1)N1CCOC1=O. The van der Waals surface area contributed by atoms with E-state index in [2.05, 4.69) is 4.98 Å². The van der Waals surface area contributed by atoms with E-state index in [9.17, 15) is 14.4 Å². The Kier molecular flexibility index (Phi) is 4.04. The molecule has 3 heterocycles. The van der Waals surface area contributed by atoms with Gasteiger partial charge in [-0.15, -0.1) is 0 Å². The molecule has 2 amide bonds. The molecule has 2 fully saturated rings. The zero-order valence-electron chi connectivity index (χ0n) is 13.8. The number of piperidine rings is 1. The van der Waals surface area contributed by atoms with Crippen LogP contribution in [-0.2, 0) is 9.53 Å². The Bertz CT molecular complexity index is 863. The Balaban J connectivity index is 1.41. The molecular weight excluding hydrogens is 324 g/mol. The summed E-state index contributed by atoms with van der Waals surface area (Å²) < 4.78 is 6.63. The lowest BCUT2D eigenvalue weighted by Gasteiger charge is -2.32. The van der Waals surface area contributed by atoms with Gasteiger partial charge in [-0.05, 0) is 25.0 Å². The number of imidazole rings is 1. The topological polar surface area (TPSA) is 87.6 Å². The Labute approximate surface area is 144 Å². The Morgan fingerprint density at radius 3 is 2.64 bits per heavy atom. The van der Waals surface area contributed by atoms with E-state index in [4.69, 9.17) is 4.74 Å². The van der Waals surface area contributed by atoms with Gasteiger partial charge < -0.3 is 9.72 Å². The summed E-state index contributed by atoms with van der Waals surface area (Å²) in [6.45, 7) is 2.25. The van der Waals surface area contributed by atoms with Crippen molar-refractivity contribution in [1.29, 1.82) is 0 Å². The predicted molar refractivity (Wildman–Crippen MR) is 90.3 cm³/mol. The van der Waals surface area contributed by atoms with Gasteiger partial charge in [-0.2, -0.15) is 0 Å². The number of imide groups is 1. The highest BCUT2D eigenvalue weighted by molar-refractivity contribution is 5.94.